The maximum atomic E-state index is 5.90. The third kappa shape index (κ3) is 3.25. The summed E-state index contributed by atoms with van der Waals surface area (Å²) in [5.41, 5.74) is 2.13. The first kappa shape index (κ1) is 12.5. The van der Waals surface area contributed by atoms with E-state index in [-0.39, 0.29) is 6.04 Å². The van der Waals surface area contributed by atoms with Crippen LogP contribution in [-0.4, -0.2) is 15.3 Å². The van der Waals surface area contributed by atoms with Crippen LogP contribution in [0.25, 0.3) is 0 Å². The average molecular weight is 268 g/mol. The van der Waals surface area contributed by atoms with E-state index in [2.05, 4.69) is 21.0 Å². The van der Waals surface area contributed by atoms with Gasteiger partial charge in [0.1, 0.15) is 0 Å². The van der Waals surface area contributed by atoms with Gasteiger partial charge in [-0.1, -0.05) is 30.7 Å². The fraction of sp³-hybridized carbons (Fsp3) is 0.333. The molecule has 2 aromatic rings. The maximum absolute atomic E-state index is 5.90. The summed E-state index contributed by atoms with van der Waals surface area (Å²) in [6.45, 7) is 3.09. The highest BCUT2D eigenvalue weighted by molar-refractivity contribution is 6.99. The summed E-state index contributed by atoms with van der Waals surface area (Å²) in [6, 6.07) is 7.95. The first-order chi connectivity index (χ1) is 8.31. The largest absolute Gasteiger partial charge is 0.305 e. The van der Waals surface area contributed by atoms with Crippen molar-refractivity contribution in [2.24, 2.45) is 0 Å². The van der Waals surface area contributed by atoms with E-state index < -0.39 is 0 Å². The Labute approximate surface area is 110 Å². The maximum Gasteiger partial charge on any atom is 0.0957 e. The molecule has 0 spiro atoms. The highest BCUT2D eigenvalue weighted by Crippen LogP contribution is 2.22. The van der Waals surface area contributed by atoms with Crippen molar-refractivity contribution in [1.29, 1.82) is 0 Å². The number of nitrogens with zero attached hydrogens (tertiary/aromatic N) is 2. The van der Waals surface area contributed by atoms with Crippen LogP contribution in [0.5, 0.6) is 0 Å². The van der Waals surface area contributed by atoms with Crippen LogP contribution in [0.4, 0.5) is 0 Å². The van der Waals surface area contributed by atoms with Gasteiger partial charge in [-0.2, -0.15) is 8.75 Å². The Morgan fingerprint density at radius 3 is 2.71 bits per heavy atom. The summed E-state index contributed by atoms with van der Waals surface area (Å²) in [4.78, 5) is 0. The molecule has 1 N–H and O–H groups in total. The number of aromatic nitrogens is 2. The van der Waals surface area contributed by atoms with Crippen molar-refractivity contribution >= 4 is 23.3 Å². The molecule has 0 radical (unpaired) electrons. The molecule has 1 atom stereocenters. The summed E-state index contributed by atoms with van der Waals surface area (Å²) in [7, 11) is 0. The van der Waals surface area contributed by atoms with Crippen molar-refractivity contribution in [3.63, 3.8) is 0 Å². The van der Waals surface area contributed by atoms with E-state index in [0.717, 1.165) is 29.2 Å². The van der Waals surface area contributed by atoms with Crippen LogP contribution >= 0.6 is 23.3 Å². The van der Waals surface area contributed by atoms with Crippen molar-refractivity contribution in [1.82, 2.24) is 14.1 Å². The Morgan fingerprint density at radius 2 is 2.12 bits per heavy atom. The first-order valence-electron chi connectivity index (χ1n) is 5.57. The van der Waals surface area contributed by atoms with Crippen LogP contribution in [0.2, 0.25) is 5.02 Å². The van der Waals surface area contributed by atoms with Crippen LogP contribution in [0.1, 0.15) is 30.6 Å². The Balaban J connectivity index is 2.23. The molecule has 0 saturated heterocycles. The minimum Gasteiger partial charge on any atom is -0.305 e. The van der Waals surface area contributed by atoms with Gasteiger partial charge in [0.15, 0.2) is 0 Å². The highest BCUT2D eigenvalue weighted by atomic mass is 35.5. The monoisotopic (exact) mass is 267 g/mol. The van der Waals surface area contributed by atoms with Gasteiger partial charge in [0.2, 0.25) is 0 Å². The van der Waals surface area contributed by atoms with Gasteiger partial charge in [0, 0.05) is 5.02 Å². The summed E-state index contributed by atoms with van der Waals surface area (Å²) in [5, 5.41) is 4.22. The molecule has 0 aliphatic rings. The molecule has 17 heavy (non-hydrogen) atoms. The van der Waals surface area contributed by atoms with Crippen LogP contribution in [0, 0.1) is 0 Å². The number of rotatable bonds is 5. The van der Waals surface area contributed by atoms with Gasteiger partial charge >= 0.3 is 0 Å². The molecule has 0 aliphatic heterocycles. The van der Waals surface area contributed by atoms with Crippen LogP contribution in [0.15, 0.2) is 30.5 Å². The molecule has 0 fully saturated rings. The van der Waals surface area contributed by atoms with E-state index in [0.29, 0.717) is 0 Å². The lowest BCUT2D eigenvalue weighted by Crippen LogP contribution is -2.23. The average Bonchev–Trinajstić information content (AvgIpc) is 2.85. The predicted octanol–water partition coefficient (Wildman–Crippen LogP) is 3.28. The number of hydrogen-bond donors (Lipinski definition) is 1. The lowest BCUT2D eigenvalue weighted by molar-refractivity contribution is 0.590. The van der Waals surface area contributed by atoms with Crippen LogP contribution < -0.4 is 5.32 Å². The zero-order valence-electron chi connectivity index (χ0n) is 9.56. The molecule has 5 heteroatoms. The minimum absolute atomic E-state index is 0.103. The van der Waals surface area contributed by atoms with Crippen molar-refractivity contribution < 1.29 is 0 Å². The van der Waals surface area contributed by atoms with E-state index in [1.165, 1.54) is 11.7 Å². The number of benzene rings is 1. The third-order valence-corrected chi connectivity index (χ3v) is 3.22. The lowest BCUT2D eigenvalue weighted by atomic mass is 10.0. The second kappa shape index (κ2) is 6.10. The summed E-state index contributed by atoms with van der Waals surface area (Å²) in [5.74, 6) is 0. The van der Waals surface area contributed by atoms with Crippen molar-refractivity contribution in [2.75, 3.05) is 6.54 Å². The van der Waals surface area contributed by atoms with Gasteiger partial charge in [-0.15, -0.1) is 0 Å². The van der Waals surface area contributed by atoms with E-state index >= 15 is 0 Å². The highest BCUT2D eigenvalue weighted by Gasteiger charge is 2.15. The molecule has 1 aromatic heterocycles. The van der Waals surface area contributed by atoms with Crippen molar-refractivity contribution in [2.45, 2.75) is 19.4 Å². The molecule has 1 heterocycles. The van der Waals surface area contributed by atoms with Gasteiger partial charge < -0.3 is 5.32 Å². The molecule has 2 rings (SSSR count). The smallest absolute Gasteiger partial charge is 0.0957 e. The minimum atomic E-state index is 0.103. The normalized spacial score (nSPS) is 12.6. The van der Waals surface area contributed by atoms with Gasteiger partial charge in [-0.3, -0.25) is 0 Å². The first-order valence-corrected chi connectivity index (χ1v) is 6.68. The Morgan fingerprint density at radius 1 is 1.35 bits per heavy atom. The quantitative estimate of drug-likeness (QED) is 0.903. The standard InChI is InChI=1S/C12H14ClN3S/c1-2-7-14-12(11-8-15-17-16-11)9-3-5-10(13)6-4-9/h3-6,8,12,14H,2,7H2,1H3. The Kier molecular flexibility index (Phi) is 4.48. The molecular formula is C12H14ClN3S. The second-order valence-electron chi connectivity index (χ2n) is 3.77. The molecule has 1 aromatic carbocycles. The summed E-state index contributed by atoms with van der Waals surface area (Å²) in [6.07, 6.45) is 2.90. The number of hydrogen-bond acceptors (Lipinski definition) is 4. The fourth-order valence-corrected chi connectivity index (χ4v) is 2.21. The van der Waals surface area contributed by atoms with E-state index in [4.69, 9.17) is 11.6 Å². The molecule has 0 aliphatic carbocycles. The van der Waals surface area contributed by atoms with Crippen LogP contribution in [0.3, 0.4) is 0 Å². The fourth-order valence-electron chi connectivity index (χ4n) is 1.64. The molecule has 0 amide bonds. The molecular weight excluding hydrogens is 254 g/mol. The van der Waals surface area contributed by atoms with Crippen LogP contribution in [-0.2, 0) is 0 Å². The molecule has 0 bridgehead atoms. The zero-order chi connectivity index (χ0) is 12.1. The second-order valence-corrected chi connectivity index (χ2v) is 4.76. The third-order valence-electron chi connectivity index (χ3n) is 2.48. The lowest BCUT2D eigenvalue weighted by Gasteiger charge is -2.16. The Hall–Kier alpha value is -0.970. The van der Waals surface area contributed by atoms with E-state index in [1.807, 2.05) is 30.5 Å². The Bertz CT molecular complexity index is 441. The van der Waals surface area contributed by atoms with Gasteiger partial charge in [-0.25, -0.2) is 0 Å². The summed E-state index contributed by atoms with van der Waals surface area (Å²) >= 11 is 7.13. The van der Waals surface area contributed by atoms with E-state index in [1.54, 1.807) is 0 Å². The van der Waals surface area contributed by atoms with Gasteiger partial charge in [-0.05, 0) is 30.7 Å². The van der Waals surface area contributed by atoms with Crippen molar-refractivity contribution in [3.05, 3.63) is 46.7 Å². The summed E-state index contributed by atoms with van der Waals surface area (Å²) < 4.78 is 8.36. The molecule has 3 nitrogen and oxygen atoms in total. The molecule has 90 valence electrons. The SMILES string of the molecule is CCCNC(c1ccc(Cl)cc1)c1cnsn1. The van der Waals surface area contributed by atoms with Crippen molar-refractivity contribution in [3.8, 4) is 0 Å². The number of halogens is 1. The van der Waals surface area contributed by atoms with E-state index in [9.17, 15) is 0 Å². The molecule has 0 saturated carbocycles. The topological polar surface area (TPSA) is 37.8 Å². The zero-order valence-corrected chi connectivity index (χ0v) is 11.1. The van der Waals surface area contributed by atoms with Gasteiger partial charge in [0.25, 0.3) is 0 Å². The van der Waals surface area contributed by atoms with Gasteiger partial charge in [0.05, 0.1) is 29.7 Å². The molecule has 1 unspecified atom stereocenters. The predicted molar refractivity (Wildman–Crippen MR) is 71.5 cm³/mol. The number of nitrogens with one attached hydrogen (secondary N) is 1.